The van der Waals surface area contributed by atoms with Crippen molar-refractivity contribution in [2.75, 3.05) is 20.6 Å². The molecule has 0 unspecified atom stereocenters. The van der Waals surface area contributed by atoms with Gasteiger partial charge in [-0.3, -0.25) is 0 Å². The number of fused-ring (bicyclic) bond motifs is 1. The van der Waals surface area contributed by atoms with Crippen molar-refractivity contribution >= 4 is 18.6 Å². The Labute approximate surface area is 158 Å². The molecular formula is C18H24I2NO-. The van der Waals surface area contributed by atoms with E-state index in [-0.39, 0.29) is 22.6 Å². The number of benzene rings is 1. The zero-order chi connectivity index (χ0) is 17.9. The molecule has 22 heavy (non-hydrogen) atoms. The molecule has 1 aromatic rings. The summed E-state index contributed by atoms with van der Waals surface area (Å²) < 4.78 is 28.0. The topological polar surface area (TPSA) is 12.5 Å². The minimum atomic E-state index is -2.38. The van der Waals surface area contributed by atoms with Gasteiger partial charge >= 0.3 is 159 Å². The fraction of sp³-hybridized carbons (Fsp3) is 0.667. The molecule has 0 aromatic heterocycles. The van der Waals surface area contributed by atoms with Gasteiger partial charge in [0, 0.05) is 0 Å². The molecule has 2 fully saturated rings. The third-order valence-corrected chi connectivity index (χ3v) is 14.3. The van der Waals surface area contributed by atoms with E-state index in [1.807, 2.05) is 6.07 Å². The van der Waals surface area contributed by atoms with Crippen molar-refractivity contribution in [2.45, 2.75) is 53.4 Å². The summed E-state index contributed by atoms with van der Waals surface area (Å²) in [4.78, 5) is 2.61. The third-order valence-electron chi connectivity index (χ3n) is 6.40. The number of halogens is 2. The van der Waals surface area contributed by atoms with Crippen molar-refractivity contribution in [2.24, 2.45) is 0 Å². The Balaban J connectivity index is 1.86. The summed E-state index contributed by atoms with van der Waals surface area (Å²) in [5, 5.41) is 0. The van der Waals surface area contributed by atoms with Crippen LogP contribution in [0, 0.1) is 0 Å². The zero-order valence-electron chi connectivity index (χ0n) is 15.9. The average molecular weight is 527 g/mol. The van der Waals surface area contributed by atoms with Gasteiger partial charge in [0.1, 0.15) is 0 Å². The summed E-state index contributed by atoms with van der Waals surface area (Å²) in [6.45, 7) is 1.15. The van der Waals surface area contributed by atoms with Crippen molar-refractivity contribution in [3.05, 3.63) is 29.3 Å². The molecule has 0 amide bonds. The van der Waals surface area contributed by atoms with Crippen LogP contribution in [0.25, 0.3) is 0 Å². The number of piperidine rings is 1. The molecule has 0 radical (unpaired) electrons. The van der Waals surface area contributed by atoms with Gasteiger partial charge in [-0.2, -0.15) is 0 Å². The van der Waals surface area contributed by atoms with Crippen LogP contribution in [0.5, 0.6) is 5.75 Å². The first-order chi connectivity index (χ1) is 11.8. The van der Waals surface area contributed by atoms with Crippen LogP contribution < -0.4 is 22.0 Å². The van der Waals surface area contributed by atoms with Crippen molar-refractivity contribution in [3.8, 4) is 5.75 Å². The van der Waals surface area contributed by atoms with E-state index in [9.17, 15) is 0 Å². The van der Waals surface area contributed by atoms with Crippen LogP contribution in [0.4, 0.5) is 0 Å². The number of alkyl halides is 1. The van der Waals surface area contributed by atoms with E-state index in [0.717, 1.165) is 13.0 Å². The second-order valence-corrected chi connectivity index (χ2v) is 12.2. The van der Waals surface area contributed by atoms with Gasteiger partial charge in [0.25, 0.3) is 0 Å². The van der Waals surface area contributed by atoms with Crippen LogP contribution in [0.1, 0.15) is 47.3 Å². The Morgan fingerprint density at radius 3 is 3.05 bits per heavy atom. The van der Waals surface area contributed by atoms with Crippen molar-refractivity contribution < 1.29 is 26.1 Å². The Kier molecular flexibility index (Phi) is 3.34. The number of rotatable bonds is 2. The van der Waals surface area contributed by atoms with E-state index in [4.69, 9.17) is 8.85 Å². The summed E-state index contributed by atoms with van der Waals surface area (Å²) in [7, 11) is -0.0756. The molecule has 4 heteroatoms. The SMILES string of the molecule is [2H]C([2H])([2H])Oc1ccc2c(c1)[C@]13CCCC[C@]1([I-]I)[C@H](C2)N(C)CC3. The summed E-state index contributed by atoms with van der Waals surface area (Å²) in [5.41, 5.74) is 3.06. The van der Waals surface area contributed by atoms with Crippen LogP contribution in [0.2, 0.25) is 0 Å². The van der Waals surface area contributed by atoms with Crippen LogP contribution in [0.15, 0.2) is 18.2 Å². The molecule has 122 valence electrons. The van der Waals surface area contributed by atoms with Gasteiger partial charge in [0.15, 0.2) is 0 Å². The summed E-state index contributed by atoms with van der Waals surface area (Å²) in [5.74, 6) is 0.511. The maximum atomic E-state index is 7.44. The number of hydrogen-bond donors (Lipinski definition) is 0. The number of nitrogens with zero attached hydrogens (tertiary/aromatic N) is 1. The number of likely N-dealkylation sites (tertiary alicyclic amines) is 1. The molecular weight excluding hydrogens is 500 g/mol. The van der Waals surface area contributed by atoms with Crippen LogP contribution in [-0.2, 0) is 11.8 Å². The van der Waals surface area contributed by atoms with Gasteiger partial charge in [-0.1, -0.05) is 0 Å². The first-order valence-corrected chi connectivity index (χ1v) is 15.5. The van der Waals surface area contributed by atoms with E-state index in [0.29, 0.717) is 15.2 Å². The molecule has 2 nitrogen and oxygen atoms in total. The number of methoxy groups -OCH3 is 1. The molecule has 1 saturated heterocycles. The molecule has 0 spiro atoms. The van der Waals surface area contributed by atoms with Crippen molar-refractivity contribution in [1.82, 2.24) is 4.90 Å². The Morgan fingerprint density at radius 1 is 1.36 bits per heavy atom. The second kappa shape index (κ2) is 5.76. The van der Waals surface area contributed by atoms with E-state index in [1.54, 1.807) is 0 Å². The zero-order valence-corrected chi connectivity index (χ0v) is 17.2. The number of ether oxygens (including phenoxy) is 1. The van der Waals surface area contributed by atoms with Crippen LogP contribution in [-0.4, -0.2) is 35.0 Å². The quantitative estimate of drug-likeness (QED) is 0.420. The monoisotopic (exact) mass is 527 g/mol. The Morgan fingerprint density at radius 2 is 2.23 bits per heavy atom. The van der Waals surface area contributed by atoms with Crippen LogP contribution in [0.3, 0.4) is 0 Å². The van der Waals surface area contributed by atoms with Gasteiger partial charge in [-0.05, 0) is 0 Å². The Bertz CT molecular complexity index is 683. The minimum absolute atomic E-state index is 0.0450. The molecule has 0 N–H and O–H groups in total. The molecule has 2 bridgehead atoms. The Hall–Kier alpha value is 0.440. The fourth-order valence-corrected chi connectivity index (χ4v) is 13.9. The molecule has 2 aliphatic carbocycles. The number of hydrogen-bond acceptors (Lipinski definition) is 2. The summed E-state index contributed by atoms with van der Waals surface area (Å²) >= 11 is 2.76. The molecule has 4 rings (SSSR count). The third kappa shape index (κ3) is 1.98. The number of likely N-dealkylation sites (N-methyl/N-ethyl adjacent to an activating group) is 1. The van der Waals surface area contributed by atoms with Crippen molar-refractivity contribution in [1.29, 1.82) is 0 Å². The van der Waals surface area contributed by atoms with E-state index < -0.39 is 7.04 Å². The molecule has 1 aliphatic heterocycles. The normalized spacial score (nSPS) is 40.1. The van der Waals surface area contributed by atoms with Gasteiger partial charge in [0.2, 0.25) is 0 Å². The van der Waals surface area contributed by atoms with E-state index in [2.05, 4.69) is 42.7 Å². The predicted octanol–water partition coefficient (Wildman–Crippen LogP) is 0.945. The van der Waals surface area contributed by atoms with Gasteiger partial charge in [0.05, 0.1) is 0 Å². The summed E-state index contributed by atoms with van der Waals surface area (Å²) in [6.07, 6.45) is 7.53. The second-order valence-electron chi connectivity index (χ2n) is 7.09. The molecule has 3 atom stereocenters. The molecule has 1 saturated carbocycles. The molecule has 1 aromatic carbocycles. The summed E-state index contributed by atoms with van der Waals surface area (Å²) in [6, 6.07) is 6.72. The predicted molar refractivity (Wildman–Crippen MR) is 94.6 cm³/mol. The van der Waals surface area contributed by atoms with E-state index >= 15 is 0 Å². The van der Waals surface area contributed by atoms with E-state index in [1.165, 1.54) is 43.2 Å². The van der Waals surface area contributed by atoms with Crippen molar-refractivity contribution in [3.63, 3.8) is 0 Å². The molecule has 3 aliphatic rings. The average Bonchev–Trinajstić information content (AvgIpc) is 2.57. The first kappa shape index (κ1) is 12.8. The standard InChI is InChI=1S/C18H24I2NO/c1-21-10-9-17-7-3-4-8-18(17,20-19)16(21)11-13-5-6-14(22-2)12-15(13)17/h5-6,12,16H,3-4,7-11H2,1-2H3/q-1/t16-,17+,18-/m0/s1/i2D3. The maximum absolute atomic E-state index is 7.44. The molecule has 1 heterocycles. The van der Waals surface area contributed by atoms with Gasteiger partial charge in [-0.15, -0.1) is 0 Å². The van der Waals surface area contributed by atoms with Gasteiger partial charge < -0.3 is 0 Å². The first-order valence-electron chi connectivity index (χ1n) is 9.61. The van der Waals surface area contributed by atoms with Crippen LogP contribution >= 0.6 is 18.6 Å². The van der Waals surface area contributed by atoms with Gasteiger partial charge in [-0.25, -0.2) is 0 Å². The fourth-order valence-electron chi connectivity index (χ4n) is 5.36.